The topological polar surface area (TPSA) is 68.6 Å². The number of methoxy groups -OCH3 is 1. The lowest BCUT2D eigenvalue weighted by Crippen LogP contribution is -2.02. The van der Waals surface area contributed by atoms with Gasteiger partial charge in [0.05, 0.1) is 19.9 Å². The Bertz CT molecular complexity index is 1080. The van der Waals surface area contributed by atoms with E-state index in [0.29, 0.717) is 12.5 Å². The Labute approximate surface area is 158 Å². The Morgan fingerprint density at radius 1 is 1.19 bits per heavy atom. The largest absolute Gasteiger partial charge is 0.496 e. The minimum atomic E-state index is 0.367. The van der Waals surface area contributed by atoms with Crippen molar-refractivity contribution < 1.29 is 4.74 Å². The molecule has 0 saturated carbocycles. The predicted octanol–water partition coefficient (Wildman–Crippen LogP) is 4.31. The average molecular weight is 361 g/mol. The number of pyridine rings is 1. The number of H-pyrrole nitrogens is 1. The van der Waals surface area contributed by atoms with Crippen LogP contribution in [0.4, 0.5) is 0 Å². The molecule has 138 valence electrons. The number of hydrogen-bond acceptors (Lipinski definition) is 4. The van der Waals surface area contributed by atoms with E-state index in [9.17, 15) is 0 Å². The van der Waals surface area contributed by atoms with Crippen LogP contribution >= 0.6 is 0 Å². The number of nitrogens with zero attached hydrogens (tertiary/aromatic N) is 4. The summed E-state index contributed by atoms with van der Waals surface area (Å²) in [4.78, 5) is 12.3. The summed E-state index contributed by atoms with van der Waals surface area (Å²) in [7, 11) is 1.72. The molecule has 0 aliphatic heterocycles. The molecule has 0 aliphatic rings. The molecule has 0 fully saturated rings. The number of nitrogens with one attached hydrogen (secondary N) is 1. The highest BCUT2D eigenvalue weighted by molar-refractivity contribution is 5.77. The van der Waals surface area contributed by atoms with Gasteiger partial charge in [-0.1, -0.05) is 13.8 Å². The Kier molecular flexibility index (Phi) is 4.39. The molecule has 3 heterocycles. The lowest BCUT2D eigenvalue weighted by molar-refractivity contribution is 0.407. The molecule has 0 amide bonds. The fraction of sp³-hybridized carbons (Fsp3) is 0.286. The van der Waals surface area contributed by atoms with Crippen molar-refractivity contribution in [2.24, 2.45) is 0 Å². The SMILES string of the molecule is COc1cc(C)c(-c2nc3c(cnn3Cc3ccncc3)[nH]2)cc1C(C)C. The van der Waals surface area contributed by atoms with Crippen LogP contribution in [0.1, 0.15) is 36.5 Å². The number of aromatic nitrogens is 5. The van der Waals surface area contributed by atoms with Gasteiger partial charge in [0.1, 0.15) is 17.1 Å². The molecule has 0 spiro atoms. The summed E-state index contributed by atoms with van der Waals surface area (Å²) in [6, 6.07) is 8.24. The van der Waals surface area contributed by atoms with Gasteiger partial charge < -0.3 is 9.72 Å². The Balaban J connectivity index is 1.76. The molecule has 3 aromatic heterocycles. The minimum absolute atomic E-state index is 0.367. The maximum Gasteiger partial charge on any atom is 0.177 e. The molecule has 1 N–H and O–H groups in total. The molecular formula is C21H23N5O. The maximum absolute atomic E-state index is 5.56. The van der Waals surface area contributed by atoms with Gasteiger partial charge >= 0.3 is 0 Å². The van der Waals surface area contributed by atoms with Crippen molar-refractivity contribution in [3.05, 3.63) is 59.5 Å². The fourth-order valence-corrected chi connectivity index (χ4v) is 3.33. The summed E-state index contributed by atoms with van der Waals surface area (Å²) in [5, 5.41) is 4.46. The van der Waals surface area contributed by atoms with Crippen molar-refractivity contribution in [1.82, 2.24) is 24.7 Å². The molecule has 0 radical (unpaired) electrons. The normalized spacial score (nSPS) is 11.4. The summed E-state index contributed by atoms with van der Waals surface area (Å²) >= 11 is 0. The van der Waals surface area contributed by atoms with Crippen LogP contribution in [0.5, 0.6) is 5.75 Å². The van der Waals surface area contributed by atoms with Gasteiger partial charge in [-0.15, -0.1) is 0 Å². The van der Waals surface area contributed by atoms with Crippen molar-refractivity contribution in [1.29, 1.82) is 0 Å². The van der Waals surface area contributed by atoms with Crippen LogP contribution in [0.2, 0.25) is 0 Å². The zero-order valence-electron chi connectivity index (χ0n) is 16.0. The number of rotatable bonds is 5. The molecule has 0 atom stereocenters. The third kappa shape index (κ3) is 3.18. The molecule has 27 heavy (non-hydrogen) atoms. The van der Waals surface area contributed by atoms with Crippen LogP contribution in [0.25, 0.3) is 22.6 Å². The van der Waals surface area contributed by atoms with E-state index in [2.05, 4.69) is 48.0 Å². The monoisotopic (exact) mass is 361 g/mol. The molecule has 0 aliphatic carbocycles. The standard InChI is InChI=1S/C21H23N5O/c1-13(2)16-10-17(14(3)9-19(16)27-4)20-24-18-11-23-26(21(18)25-20)12-15-5-7-22-8-6-15/h5-11,13H,12H2,1-4H3,(H,24,25). The van der Waals surface area contributed by atoms with Crippen molar-refractivity contribution in [3.8, 4) is 17.1 Å². The third-order valence-electron chi connectivity index (χ3n) is 4.82. The quantitative estimate of drug-likeness (QED) is 0.575. The van der Waals surface area contributed by atoms with E-state index in [0.717, 1.165) is 39.4 Å². The van der Waals surface area contributed by atoms with Gasteiger partial charge in [-0.25, -0.2) is 9.67 Å². The summed E-state index contributed by atoms with van der Waals surface area (Å²) in [5.41, 5.74) is 6.31. The number of hydrogen-bond donors (Lipinski definition) is 1. The van der Waals surface area contributed by atoms with Gasteiger partial charge in [0.15, 0.2) is 5.65 Å². The number of benzene rings is 1. The van der Waals surface area contributed by atoms with Crippen LogP contribution in [0.3, 0.4) is 0 Å². The van der Waals surface area contributed by atoms with E-state index in [1.165, 1.54) is 5.56 Å². The highest BCUT2D eigenvalue weighted by Gasteiger charge is 2.16. The van der Waals surface area contributed by atoms with Crippen LogP contribution in [0.15, 0.2) is 42.9 Å². The fourth-order valence-electron chi connectivity index (χ4n) is 3.33. The summed E-state index contributed by atoms with van der Waals surface area (Å²) < 4.78 is 7.47. The first-order chi connectivity index (χ1) is 13.1. The second-order valence-electron chi connectivity index (χ2n) is 7.04. The summed E-state index contributed by atoms with van der Waals surface area (Å²) in [6.07, 6.45) is 5.41. The van der Waals surface area contributed by atoms with E-state index < -0.39 is 0 Å². The van der Waals surface area contributed by atoms with E-state index >= 15 is 0 Å². The molecule has 6 nitrogen and oxygen atoms in total. The van der Waals surface area contributed by atoms with E-state index in [1.54, 1.807) is 19.5 Å². The number of aryl methyl sites for hydroxylation is 1. The summed E-state index contributed by atoms with van der Waals surface area (Å²) in [6.45, 7) is 7.08. The smallest absolute Gasteiger partial charge is 0.177 e. The second-order valence-corrected chi connectivity index (χ2v) is 7.04. The molecule has 0 unspecified atom stereocenters. The van der Waals surface area contributed by atoms with Crippen molar-refractivity contribution in [2.75, 3.05) is 7.11 Å². The lowest BCUT2D eigenvalue weighted by Gasteiger charge is -2.15. The molecular weight excluding hydrogens is 338 g/mol. The molecule has 0 saturated heterocycles. The Morgan fingerprint density at radius 3 is 2.67 bits per heavy atom. The lowest BCUT2D eigenvalue weighted by atomic mass is 9.96. The first kappa shape index (κ1) is 17.3. The molecule has 4 rings (SSSR count). The maximum atomic E-state index is 5.56. The van der Waals surface area contributed by atoms with Crippen LogP contribution in [-0.2, 0) is 6.54 Å². The first-order valence-electron chi connectivity index (χ1n) is 9.06. The molecule has 4 aromatic rings. The molecule has 6 heteroatoms. The van der Waals surface area contributed by atoms with Gasteiger partial charge in [0.2, 0.25) is 0 Å². The molecule has 0 bridgehead atoms. The molecule has 1 aromatic carbocycles. The zero-order valence-corrected chi connectivity index (χ0v) is 16.0. The van der Waals surface area contributed by atoms with Gasteiger partial charge in [-0.3, -0.25) is 4.98 Å². The highest BCUT2D eigenvalue weighted by Crippen LogP contribution is 2.34. The number of aromatic amines is 1. The number of ether oxygens (including phenoxy) is 1. The van der Waals surface area contributed by atoms with Crippen molar-refractivity contribution >= 4 is 11.2 Å². The zero-order chi connectivity index (χ0) is 19.0. The van der Waals surface area contributed by atoms with Crippen LogP contribution in [-0.4, -0.2) is 31.8 Å². The van der Waals surface area contributed by atoms with Gasteiger partial charge in [-0.05, 0) is 53.8 Å². The third-order valence-corrected chi connectivity index (χ3v) is 4.82. The van der Waals surface area contributed by atoms with Gasteiger partial charge in [-0.2, -0.15) is 5.10 Å². The number of imidazole rings is 1. The Morgan fingerprint density at radius 2 is 1.96 bits per heavy atom. The van der Waals surface area contributed by atoms with Crippen LogP contribution < -0.4 is 4.74 Å². The van der Waals surface area contributed by atoms with Crippen molar-refractivity contribution in [3.63, 3.8) is 0 Å². The predicted molar refractivity (Wildman–Crippen MR) is 106 cm³/mol. The van der Waals surface area contributed by atoms with E-state index in [1.807, 2.05) is 23.0 Å². The second kappa shape index (κ2) is 6.87. The van der Waals surface area contributed by atoms with Crippen LogP contribution in [0, 0.1) is 6.92 Å². The van der Waals surface area contributed by atoms with E-state index in [-0.39, 0.29) is 0 Å². The van der Waals surface area contributed by atoms with Crippen molar-refractivity contribution in [2.45, 2.75) is 33.2 Å². The first-order valence-corrected chi connectivity index (χ1v) is 9.06. The average Bonchev–Trinajstić information content (AvgIpc) is 3.24. The Hall–Kier alpha value is -3.15. The van der Waals surface area contributed by atoms with Gasteiger partial charge in [0.25, 0.3) is 0 Å². The highest BCUT2D eigenvalue weighted by atomic mass is 16.5. The summed E-state index contributed by atoms with van der Waals surface area (Å²) in [5.74, 6) is 2.14. The minimum Gasteiger partial charge on any atom is -0.496 e. The van der Waals surface area contributed by atoms with Gasteiger partial charge in [0, 0.05) is 18.0 Å². The van der Waals surface area contributed by atoms with E-state index in [4.69, 9.17) is 9.72 Å². The number of fused-ring (bicyclic) bond motifs is 1.